The SMILES string of the molecule is CC1=C(/C=C/C(C)=C/C=C/C2=C/COC(=O)COC3=C(O2)C(=O)OC3C(O)CO)C(C)(C)CCC1. The highest BCUT2D eigenvalue weighted by molar-refractivity contribution is 5.90. The third kappa shape index (κ3) is 6.74. The number of allylic oxidation sites excluding steroid dienone is 8. The fraction of sp³-hybridized carbons (Fsp3) is 0.481. The second-order valence-electron chi connectivity index (χ2n) is 9.48. The maximum absolute atomic E-state index is 12.4. The van der Waals surface area contributed by atoms with Gasteiger partial charge in [-0.1, -0.05) is 49.3 Å². The average Bonchev–Trinajstić information content (AvgIpc) is 3.11. The minimum atomic E-state index is -1.43. The summed E-state index contributed by atoms with van der Waals surface area (Å²) in [6.45, 7) is 7.49. The van der Waals surface area contributed by atoms with E-state index >= 15 is 0 Å². The van der Waals surface area contributed by atoms with Crippen molar-refractivity contribution in [1.82, 2.24) is 0 Å². The number of esters is 2. The molecule has 2 heterocycles. The molecule has 0 amide bonds. The average molecular weight is 487 g/mol. The number of cyclic esters (lactones) is 2. The highest BCUT2D eigenvalue weighted by Crippen LogP contribution is 2.40. The molecule has 2 aliphatic heterocycles. The van der Waals surface area contributed by atoms with Crippen molar-refractivity contribution in [3.63, 3.8) is 0 Å². The molecule has 35 heavy (non-hydrogen) atoms. The smallest absolute Gasteiger partial charge is 0.378 e. The van der Waals surface area contributed by atoms with Gasteiger partial charge in [0.05, 0.1) is 6.61 Å². The van der Waals surface area contributed by atoms with Crippen LogP contribution < -0.4 is 0 Å². The lowest BCUT2D eigenvalue weighted by atomic mass is 9.72. The zero-order chi connectivity index (χ0) is 25.6. The van der Waals surface area contributed by atoms with Crippen LogP contribution in [-0.4, -0.2) is 54.2 Å². The van der Waals surface area contributed by atoms with E-state index in [4.69, 9.17) is 18.9 Å². The summed E-state index contributed by atoms with van der Waals surface area (Å²) in [6, 6.07) is 0. The molecule has 0 saturated carbocycles. The first-order valence-electron chi connectivity index (χ1n) is 11.8. The summed E-state index contributed by atoms with van der Waals surface area (Å²) in [7, 11) is 0. The molecule has 2 unspecified atom stereocenters. The van der Waals surface area contributed by atoms with E-state index in [-0.39, 0.29) is 29.3 Å². The third-order valence-electron chi connectivity index (χ3n) is 6.21. The van der Waals surface area contributed by atoms with Gasteiger partial charge < -0.3 is 29.2 Å². The van der Waals surface area contributed by atoms with E-state index in [1.165, 1.54) is 30.1 Å². The van der Waals surface area contributed by atoms with Crippen LogP contribution in [0.1, 0.15) is 47.0 Å². The summed E-state index contributed by atoms with van der Waals surface area (Å²) in [6.07, 6.45) is 11.8. The highest BCUT2D eigenvalue weighted by Gasteiger charge is 2.42. The molecule has 0 saturated heterocycles. The quantitative estimate of drug-likeness (QED) is 0.433. The van der Waals surface area contributed by atoms with E-state index in [1.54, 1.807) is 12.2 Å². The van der Waals surface area contributed by atoms with Gasteiger partial charge in [0.15, 0.2) is 18.5 Å². The molecular weight excluding hydrogens is 452 g/mol. The van der Waals surface area contributed by atoms with E-state index in [0.29, 0.717) is 0 Å². The first-order valence-corrected chi connectivity index (χ1v) is 11.8. The molecule has 0 aromatic carbocycles. The van der Waals surface area contributed by atoms with E-state index < -0.39 is 37.4 Å². The van der Waals surface area contributed by atoms with Crippen molar-refractivity contribution in [2.45, 2.75) is 59.2 Å². The lowest BCUT2D eigenvalue weighted by molar-refractivity contribution is -0.149. The fourth-order valence-electron chi connectivity index (χ4n) is 4.27. The van der Waals surface area contributed by atoms with Crippen molar-refractivity contribution in [1.29, 1.82) is 0 Å². The molecule has 0 aromatic heterocycles. The van der Waals surface area contributed by atoms with Crippen LogP contribution in [0.2, 0.25) is 0 Å². The normalized spacial score (nSPS) is 26.1. The predicted molar refractivity (Wildman–Crippen MR) is 128 cm³/mol. The summed E-state index contributed by atoms with van der Waals surface area (Å²) >= 11 is 0. The lowest BCUT2D eigenvalue weighted by Crippen LogP contribution is -2.33. The maximum atomic E-state index is 12.4. The Balaban J connectivity index is 1.79. The molecule has 1 aliphatic carbocycles. The second-order valence-corrected chi connectivity index (χ2v) is 9.48. The summed E-state index contributed by atoms with van der Waals surface area (Å²) in [5.74, 6) is -1.74. The molecule has 0 bridgehead atoms. The molecule has 190 valence electrons. The van der Waals surface area contributed by atoms with Crippen molar-refractivity contribution in [3.05, 3.63) is 70.5 Å². The van der Waals surface area contributed by atoms with Gasteiger partial charge in [-0.2, -0.15) is 0 Å². The van der Waals surface area contributed by atoms with Gasteiger partial charge in [0.2, 0.25) is 0 Å². The Morgan fingerprint density at radius 1 is 1.26 bits per heavy atom. The Kier molecular flexibility index (Phi) is 8.75. The largest absolute Gasteiger partial charge is 0.478 e. The predicted octanol–water partition coefficient (Wildman–Crippen LogP) is 3.54. The summed E-state index contributed by atoms with van der Waals surface area (Å²) in [4.78, 5) is 24.2. The molecule has 8 heteroatoms. The Morgan fingerprint density at radius 3 is 2.74 bits per heavy atom. The minimum Gasteiger partial charge on any atom is -0.478 e. The van der Waals surface area contributed by atoms with Crippen LogP contribution in [0, 0.1) is 5.41 Å². The van der Waals surface area contributed by atoms with Gasteiger partial charge in [0, 0.05) is 0 Å². The number of carbonyl (C=O) groups excluding carboxylic acids is 2. The van der Waals surface area contributed by atoms with Gasteiger partial charge in [-0.3, -0.25) is 0 Å². The lowest BCUT2D eigenvalue weighted by Gasteiger charge is -2.32. The Morgan fingerprint density at radius 2 is 2.03 bits per heavy atom. The maximum Gasteiger partial charge on any atom is 0.378 e. The Hall–Kier alpha value is -3.10. The second kappa shape index (κ2) is 11.6. The van der Waals surface area contributed by atoms with E-state index in [9.17, 15) is 19.8 Å². The summed E-state index contributed by atoms with van der Waals surface area (Å²) in [5.41, 5.74) is 3.98. The number of hydrogen-bond acceptors (Lipinski definition) is 8. The number of aliphatic hydroxyl groups excluding tert-OH is 2. The number of rotatable bonds is 6. The first-order chi connectivity index (χ1) is 16.6. The molecule has 2 atom stereocenters. The number of aliphatic hydroxyl groups is 2. The number of hydrogen-bond donors (Lipinski definition) is 2. The zero-order valence-corrected chi connectivity index (χ0v) is 20.7. The van der Waals surface area contributed by atoms with Gasteiger partial charge in [-0.25, -0.2) is 9.59 Å². The molecule has 0 fully saturated rings. The van der Waals surface area contributed by atoms with E-state index in [2.05, 4.69) is 32.9 Å². The first kappa shape index (κ1) is 26.5. The molecular formula is C27H34O8. The molecule has 3 rings (SSSR count). The van der Waals surface area contributed by atoms with Crippen molar-refractivity contribution < 1.29 is 38.7 Å². The van der Waals surface area contributed by atoms with Crippen molar-refractivity contribution in [2.75, 3.05) is 19.8 Å². The molecule has 0 aromatic rings. The van der Waals surface area contributed by atoms with Gasteiger partial charge in [-0.15, -0.1) is 0 Å². The highest BCUT2D eigenvalue weighted by atomic mass is 16.6. The topological polar surface area (TPSA) is 112 Å². The van der Waals surface area contributed by atoms with Crippen LogP contribution in [-0.2, 0) is 28.5 Å². The zero-order valence-electron chi connectivity index (χ0n) is 20.7. The van der Waals surface area contributed by atoms with Crippen molar-refractivity contribution in [2.24, 2.45) is 5.41 Å². The molecule has 3 aliphatic rings. The molecule has 0 spiro atoms. The van der Waals surface area contributed by atoms with E-state index in [0.717, 1.165) is 12.0 Å². The number of ether oxygens (including phenoxy) is 4. The standard InChI is InChI=1S/C27H34O8/c1-17(10-11-20-18(2)8-6-13-27(20,3)4)7-5-9-19-12-14-32-22(30)16-33-24-23(21(29)15-28)35-26(31)25(24)34-19/h5,7,9-12,21,23,28-29H,6,8,13-16H2,1-4H3/b9-5+,11-10+,17-7+,19-12-. The van der Waals surface area contributed by atoms with E-state index in [1.807, 2.05) is 13.0 Å². The third-order valence-corrected chi connectivity index (χ3v) is 6.21. The minimum absolute atomic E-state index is 0.0761. The van der Waals surface area contributed by atoms with Crippen molar-refractivity contribution in [3.8, 4) is 0 Å². The fourth-order valence-corrected chi connectivity index (χ4v) is 4.27. The van der Waals surface area contributed by atoms with Crippen molar-refractivity contribution >= 4 is 11.9 Å². The van der Waals surface area contributed by atoms with Gasteiger partial charge >= 0.3 is 11.9 Å². The van der Waals surface area contributed by atoms with Gasteiger partial charge in [0.25, 0.3) is 5.76 Å². The molecule has 8 nitrogen and oxygen atoms in total. The monoisotopic (exact) mass is 486 g/mol. The van der Waals surface area contributed by atoms with Crippen LogP contribution >= 0.6 is 0 Å². The molecule has 0 radical (unpaired) electrons. The van der Waals surface area contributed by atoms with Crippen LogP contribution in [0.5, 0.6) is 0 Å². The van der Waals surface area contributed by atoms with Crippen LogP contribution in [0.3, 0.4) is 0 Å². The summed E-state index contributed by atoms with van der Waals surface area (Å²) in [5, 5.41) is 19.2. The van der Waals surface area contributed by atoms with Crippen LogP contribution in [0.15, 0.2) is 70.5 Å². The van der Waals surface area contributed by atoms with Gasteiger partial charge in [0.1, 0.15) is 18.5 Å². The van der Waals surface area contributed by atoms with Gasteiger partial charge in [-0.05, 0) is 56.3 Å². The van der Waals surface area contributed by atoms with Crippen LogP contribution in [0.4, 0.5) is 0 Å². The molecule has 2 N–H and O–H groups in total. The Labute approximate surface area is 205 Å². The summed E-state index contributed by atoms with van der Waals surface area (Å²) < 4.78 is 21.2. The Bertz CT molecular complexity index is 1020. The number of carbonyl (C=O) groups is 2. The van der Waals surface area contributed by atoms with Crippen LogP contribution in [0.25, 0.3) is 0 Å².